The highest BCUT2D eigenvalue weighted by molar-refractivity contribution is 9.10. The number of halogens is 1. The number of amides is 1. The quantitative estimate of drug-likeness (QED) is 0.646. The molecule has 1 unspecified atom stereocenters. The van der Waals surface area contributed by atoms with Crippen LogP contribution in [0, 0.1) is 0 Å². The summed E-state index contributed by atoms with van der Waals surface area (Å²) in [5, 5.41) is 3.94. The molecule has 0 aromatic carbocycles. The fourth-order valence-electron chi connectivity index (χ4n) is 3.73. The number of carbonyl (C=O) groups excluding carboxylic acids is 1. The van der Waals surface area contributed by atoms with Gasteiger partial charge in [-0.05, 0) is 55.0 Å². The highest BCUT2D eigenvalue weighted by Gasteiger charge is 2.26. The van der Waals surface area contributed by atoms with E-state index in [2.05, 4.69) is 60.1 Å². The Bertz CT molecular complexity index is 987. The number of nitrogens with one attached hydrogen (secondary N) is 2. The van der Waals surface area contributed by atoms with Crippen LogP contribution in [0.25, 0.3) is 11.0 Å². The third-order valence-corrected chi connectivity index (χ3v) is 5.82. The monoisotopic (exact) mass is 442 g/mol. The lowest BCUT2D eigenvalue weighted by atomic mass is 10.0. The van der Waals surface area contributed by atoms with E-state index in [4.69, 9.17) is 0 Å². The van der Waals surface area contributed by atoms with Crippen LogP contribution in [0.5, 0.6) is 0 Å². The first-order valence-corrected chi connectivity index (χ1v) is 10.1. The van der Waals surface area contributed by atoms with Crippen molar-refractivity contribution in [2.75, 3.05) is 37.4 Å². The highest BCUT2D eigenvalue weighted by Crippen LogP contribution is 2.39. The number of aromatic nitrogens is 3. The van der Waals surface area contributed by atoms with Crippen molar-refractivity contribution < 1.29 is 4.79 Å². The van der Waals surface area contributed by atoms with Crippen molar-refractivity contribution in [3.8, 4) is 0 Å². The van der Waals surface area contributed by atoms with Gasteiger partial charge in [-0.2, -0.15) is 0 Å². The molecule has 7 nitrogen and oxygen atoms in total. The Hall–Kier alpha value is -2.45. The van der Waals surface area contributed by atoms with E-state index in [0.29, 0.717) is 11.6 Å². The molecule has 0 aliphatic carbocycles. The molecule has 0 saturated carbocycles. The number of aromatic amines is 1. The van der Waals surface area contributed by atoms with E-state index in [9.17, 15) is 4.79 Å². The lowest BCUT2D eigenvalue weighted by Gasteiger charge is -2.38. The van der Waals surface area contributed by atoms with Gasteiger partial charge in [-0.1, -0.05) is 0 Å². The summed E-state index contributed by atoms with van der Waals surface area (Å²) in [5.41, 5.74) is 3.07. The van der Waals surface area contributed by atoms with E-state index in [0.717, 1.165) is 46.4 Å². The molecule has 1 aliphatic heterocycles. The first-order valence-electron chi connectivity index (χ1n) is 9.33. The van der Waals surface area contributed by atoms with Crippen LogP contribution in [0.4, 0.5) is 11.4 Å². The summed E-state index contributed by atoms with van der Waals surface area (Å²) in [6, 6.07) is 4.00. The fourth-order valence-corrected chi connectivity index (χ4v) is 4.29. The number of piperidine rings is 1. The molecule has 0 spiro atoms. The SMILES string of the molecule is CN(C)C1CCCN(c2c(Br)cnc3[nH]cc(NC(=O)c4cccnc4)c23)C1. The van der Waals surface area contributed by atoms with E-state index in [1.807, 2.05) is 6.20 Å². The predicted octanol–water partition coefficient (Wildman–Crippen LogP) is 3.50. The van der Waals surface area contributed by atoms with Gasteiger partial charge in [0.15, 0.2) is 0 Å². The van der Waals surface area contributed by atoms with Crippen LogP contribution < -0.4 is 10.2 Å². The van der Waals surface area contributed by atoms with Crippen LogP contribution in [0.15, 0.2) is 41.4 Å². The molecule has 4 rings (SSSR count). The number of nitrogens with zero attached hydrogens (tertiary/aromatic N) is 4. The minimum absolute atomic E-state index is 0.190. The molecule has 2 N–H and O–H groups in total. The van der Waals surface area contributed by atoms with Crippen molar-refractivity contribution in [3.05, 3.63) is 47.0 Å². The van der Waals surface area contributed by atoms with Crippen molar-refractivity contribution in [2.24, 2.45) is 0 Å². The first kappa shape index (κ1) is 18.9. The first-order chi connectivity index (χ1) is 13.5. The molecule has 0 radical (unpaired) electrons. The maximum Gasteiger partial charge on any atom is 0.257 e. The Labute approximate surface area is 172 Å². The number of hydrogen-bond donors (Lipinski definition) is 2. The Morgan fingerprint density at radius 1 is 1.39 bits per heavy atom. The Kier molecular flexibility index (Phi) is 5.32. The largest absolute Gasteiger partial charge is 0.368 e. The van der Waals surface area contributed by atoms with Crippen LogP contribution in [0.3, 0.4) is 0 Å². The van der Waals surface area contributed by atoms with Gasteiger partial charge >= 0.3 is 0 Å². The lowest BCUT2D eigenvalue weighted by molar-refractivity contribution is 0.102. The van der Waals surface area contributed by atoms with E-state index >= 15 is 0 Å². The minimum atomic E-state index is -0.190. The normalized spacial score (nSPS) is 17.3. The van der Waals surface area contributed by atoms with Crippen LogP contribution in [-0.2, 0) is 0 Å². The molecular formula is C20H23BrN6O. The van der Waals surface area contributed by atoms with Gasteiger partial charge in [0.2, 0.25) is 0 Å². The molecule has 1 atom stereocenters. The number of pyridine rings is 2. The number of likely N-dealkylation sites (N-methyl/N-ethyl adjacent to an activating group) is 1. The maximum atomic E-state index is 12.7. The maximum absolute atomic E-state index is 12.7. The molecule has 146 valence electrons. The average molecular weight is 443 g/mol. The van der Waals surface area contributed by atoms with E-state index in [1.54, 1.807) is 30.7 Å². The smallest absolute Gasteiger partial charge is 0.257 e. The standard InChI is InChI=1S/C20H23BrN6O/c1-26(2)14-6-4-8-27(12-14)18-15(21)10-23-19-17(18)16(11-24-19)25-20(28)13-5-3-7-22-9-13/h3,5,7,9-11,14H,4,6,8,12H2,1-2H3,(H,23,24)(H,25,28). The molecule has 28 heavy (non-hydrogen) atoms. The van der Waals surface area contributed by atoms with Crippen molar-refractivity contribution in [1.82, 2.24) is 19.9 Å². The second-order valence-electron chi connectivity index (χ2n) is 7.28. The van der Waals surface area contributed by atoms with Crippen molar-refractivity contribution in [1.29, 1.82) is 0 Å². The summed E-state index contributed by atoms with van der Waals surface area (Å²) in [6.07, 6.45) is 9.15. The van der Waals surface area contributed by atoms with Crippen LogP contribution in [0.2, 0.25) is 0 Å². The van der Waals surface area contributed by atoms with Gasteiger partial charge < -0.3 is 20.1 Å². The number of H-pyrrole nitrogens is 1. The highest BCUT2D eigenvalue weighted by atomic mass is 79.9. The zero-order valence-electron chi connectivity index (χ0n) is 15.9. The molecule has 1 aliphatic rings. The van der Waals surface area contributed by atoms with Gasteiger partial charge in [0, 0.05) is 43.9 Å². The van der Waals surface area contributed by atoms with E-state index in [1.165, 1.54) is 6.42 Å². The molecule has 3 aromatic rings. The van der Waals surface area contributed by atoms with Gasteiger partial charge in [0.25, 0.3) is 5.91 Å². The lowest BCUT2D eigenvalue weighted by Crippen LogP contribution is -2.45. The number of hydrogen-bond acceptors (Lipinski definition) is 5. The van der Waals surface area contributed by atoms with Gasteiger partial charge in [-0.3, -0.25) is 9.78 Å². The van der Waals surface area contributed by atoms with Gasteiger partial charge in [0.1, 0.15) is 5.65 Å². The summed E-state index contributed by atoms with van der Waals surface area (Å²) in [4.78, 5) is 29.0. The van der Waals surface area contributed by atoms with Crippen molar-refractivity contribution >= 4 is 44.2 Å². The summed E-state index contributed by atoms with van der Waals surface area (Å²) in [7, 11) is 4.25. The molecule has 8 heteroatoms. The van der Waals surface area contributed by atoms with Crippen LogP contribution >= 0.6 is 15.9 Å². The zero-order valence-corrected chi connectivity index (χ0v) is 17.5. The van der Waals surface area contributed by atoms with E-state index < -0.39 is 0 Å². The zero-order chi connectivity index (χ0) is 19.7. The number of rotatable bonds is 4. The van der Waals surface area contributed by atoms with Crippen LogP contribution in [-0.4, -0.2) is 59.0 Å². The predicted molar refractivity (Wildman–Crippen MR) is 115 cm³/mol. The number of carbonyl (C=O) groups is 1. The Morgan fingerprint density at radius 3 is 3.00 bits per heavy atom. The summed E-state index contributed by atoms with van der Waals surface area (Å²) in [5.74, 6) is -0.190. The fraction of sp³-hybridized carbons (Fsp3) is 0.350. The van der Waals surface area contributed by atoms with E-state index in [-0.39, 0.29) is 5.91 Å². The number of fused-ring (bicyclic) bond motifs is 1. The third-order valence-electron chi connectivity index (χ3n) is 5.24. The average Bonchev–Trinajstić information content (AvgIpc) is 3.11. The van der Waals surface area contributed by atoms with Gasteiger partial charge in [0.05, 0.1) is 26.8 Å². The second-order valence-corrected chi connectivity index (χ2v) is 8.14. The molecule has 4 heterocycles. The molecule has 1 amide bonds. The topological polar surface area (TPSA) is 77.1 Å². The summed E-state index contributed by atoms with van der Waals surface area (Å²) >= 11 is 3.69. The van der Waals surface area contributed by atoms with Crippen molar-refractivity contribution in [2.45, 2.75) is 18.9 Å². The summed E-state index contributed by atoms with van der Waals surface area (Å²) in [6.45, 7) is 1.91. The van der Waals surface area contributed by atoms with Gasteiger partial charge in [-0.15, -0.1) is 0 Å². The molecule has 0 bridgehead atoms. The second kappa shape index (κ2) is 7.89. The molecule has 3 aromatic heterocycles. The van der Waals surface area contributed by atoms with Gasteiger partial charge in [-0.25, -0.2) is 4.98 Å². The Morgan fingerprint density at radius 2 is 2.25 bits per heavy atom. The van der Waals surface area contributed by atoms with Crippen molar-refractivity contribution in [3.63, 3.8) is 0 Å². The molecule has 1 fully saturated rings. The number of anilines is 2. The molecular weight excluding hydrogens is 420 g/mol. The molecule has 1 saturated heterocycles. The Balaban J connectivity index is 1.72. The third kappa shape index (κ3) is 3.62. The minimum Gasteiger partial charge on any atom is -0.368 e. The van der Waals surface area contributed by atoms with Crippen LogP contribution in [0.1, 0.15) is 23.2 Å². The summed E-state index contributed by atoms with van der Waals surface area (Å²) < 4.78 is 0.927.